The van der Waals surface area contributed by atoms with Crippen molar-refractivity contribution in [2.24, 2.45) is 11.5 Å². The van der Waals surface area contributed by atoms with Crippen LogP contribution < -0.4 is 11.5 Å². The molecule has 2 unspecified atom stereocenters. The first kappa shape index (κ1) is 13.5. The summed E-state index contributed by atoms with van der Waals surface area (Å²) in [6.45, 7) is 0. The fourth-order valence-electron chi connectivity index (χ4n) is 1.52. The Morgan fingerprint density at radius 2 is 0.944 bits per heavy atom. The van der Waals surface area contributed by atoms with Gasteiger partial charge in [0.25, 0.3) is 0 Å². The topological polar surface area (TPSA) is 52.0 Å². The molecule has 0 saturated carbocycles. The minimum absolute atomic E-state index is 0.0500. The fraction of sp³-hybridized carbons (Fsp3) is 0.143. The number of rotatable bonds is 5. The third-order valence-corrected chi connectivity index (χ3v) is 5.17. The first-order valence-electron chi connectivity index (χ1n) is 5.70. The van der Waals surface area contributed by atoms with E-state index in [1.807, 2.05) is 60.7 Å². The van der Waals surface area contributed by atoms with E-state index in [0.29, 0.717) is 0 Å². The molecule has 0 aliphatic carbocycles. The summed E-state index contributed by atoms with van der Waals surface area (Å²) in [5.74, 6) is 0. The summed E-state index contributed by atoms with van der Waals surface area (Å²) in [5, 5.41) is -0.100. The van der Waals surface area contributed by atoms with Gasteiger partial charge in [-0.3, -0.25) is 0 Å². The second-order valence-electron chi connectivity index (χ2n) is 3.86. The summed E-state index contributed by atoms with van der Waals surface area (Å²) in [6.07, 6.45) is 0. The number of nitrogens with two attached hydrogens (primary N) is 2. The third kappa shape index (κ3) is 3.78. The van der Waals surface area contributed by atoms with E-state index in [2.05, 4.69) is 0 Å². The lowest BCUT2D eigenvalue weighted by Gasteiger charge is -2.15. The van der Waals surface area contributed by atoms with Gasteiger partial charge in [-0.2, -0.15) is 0 Å². The zero-order valence-electron chi connectivity index (χ0n) is 9.90. The molecule has 0 saturated heterocycles. The van der Waals surface area contributed by atoms with Gasteiger partial charge in [-0.25, -0.2) is 0 Å². The molecule has 0 heterocycles. The van der Waals surface area contributed by atoms with Gasteiger partial charge < -0.3 is 11.5 Å². The van der Waals surface area contributed by atoms with Crippen molar-refractivity contribution < 1.29 is 0 Å². The molecule has 0 bridgehead atoms. The van der Waals surface area contributed by atoms with Gasteiger partial charge in [0.15, 0.2) is 0 Å². The molecule has 18 heavy (non-hydrogen) atoms. The van der Waals surface area contributed by atoms with Crippen LogP contribution in [0.25, 0.3) is 0 Å². The SMILES string of the molecule is NC(SSC(N)c1ccccc1)c1ccccc1. The molecule has 2 aromatic rings. The fourth-order valence-corrected chi connectivity index (χ4v) is 3.68. The lowest BCUT2D eigenvalue weighted by molar-refractivity contribution is 1.03. The van der Waals surface area contributed by atoms with E-state index >= 15 is 0 Å². The predicted molar refractivity (Wildman–Crippen MR) is 81.9 cm³/mol. The molecular formula is C14H16N2S2. The second-order valence-corrected chi connectivity index (χ2v) is 6.41. The van der Waals surface area contributed by atoms with E-state index < -0.39 is 0 Å². The molecule has 0 radical (unpaired) electrons. The molecule has 0 aliphatic heterocycles. The summed E-state index contributed by atoms with van der Waals surface area (Å²) in [5.41, 5.74) is 14.5. The van der Waals surface area contributed by atoms with Gasteiger partial charge in [0.1, 0.15) is 0 Å². The highest BCUT2D eigenvalue weighted by molar-refractivity contribution is 8.76. The van der Waals surface area contributed by atoms with Crippen LogP contribution in [0.15, 0.2) is 60.7 Å². The van der Waals surface area contributed by atoms with E-state index in [9.17, 15) is 0 Å². The first-order valence-corrected chi connectivity index (χ1v) is 7.98. The average Bonchev–Trinajstić information content (AvgIpc) is 2.46. The van der Waals surface area contributed by atoms with Crippen LogP contribution in [-0.4, -0.2) is 0 Å². The van der Waals surface area contributed by atoms with E-state index in [1.165, 1.54) is 0 Å². The summed E-state index contributed by atoms with van der Waals surface area (Å²) < 4.78 is 0. The average molecular weight is 276 g/mol. The molecule has 0 amide bonds. The van der Waals surface area contributed by atoms with Crippen molar-refractivity contribution in [3.05, 3.63) is 71.8 Å². The van der Waals surface area contributed by atoms with Crippen LogP contribution >= 0.6 is 21.6 Å². The zero-order chi connectivity index (χ0) is 12.8. The lowest BCUT2D eigenvalue weighted by atomic mass is 10.2. The molecule has 2 atom stereocenters. The molecule has 94 valence electrons. The highest BCUT2D eigenvalue weighted by atomic mass is 33.1. The Morgan fingerprint density at radius 1 is 0.611 bits per heavy atom. The molecule has 2 rings (SSSR count). The van der Waals surface area contributed by atoms with Crippen molar-refractivity contribution in [1.82, 2.24) is 0 Å². The highest BCUT2D eigenvalue weighted by Gasteiger charge is 2.11. The van der Waals surface area contributed by atoms with E-state index in [4.69, 9.17) is 11.5 Å². The van der Waals surface area contributed by atoms with Crippen LogP contribution in [0, 0.1) is 0 Å². The van der Waals surface area contributed by atoms with Crippen LogP contribution in [0.3, 0.4) is 0 Å². The first-order chi connectivity index (χ1) is 8.77. The number of benzene rings is 2. The van der Waals surface area contributed by atoms with Gasteiger partial charge >= 0.3 is 0 Å². The monoisotopic (exact) mass is 276 g/mol. The maximum absolute atomic E-state index is 6.11. The van der Waals surface area contributed by atoms with Crippen LogP contribution in [-0.2, 0) is 0 Å². The second kappa shape index (κ2) is 6.85. The van der Waals surface area contributed by atoms with Gasteiger partial charge in [0.05, 0.1) is 10.7 Å². The van der Waals surface area contributed by atoms with Gasteiger partial charge in [0, 0.05) is 0 Å². The summed E-state index contributed by atoms with van der Waals surface area (Å²) in [4.78, 5) is 0. The lowest BCUT2D eigenvalue weighted by Crippen LogP contribution is -2.08. The van der Waals surface area contributed by atoms with Crippen molar-refractivity contribution in [2.75, 3.05) is 0 Å². The van der Waals surface area contributed by atoms with Gasteiger partial charge in [-0.15, -0.1) is 0 Å². The van der Waals surface area contributed by atoms with Gasteiger partial charge in [-0.1, -0.05) is 82.3 Å². The van der Waals surface area contributed by atoms with E-state index in [0.717, 1.165) is 11.1 Å². The van der Waals surface area contributed by atoms with Crippen molar-refractivity contribution in [2.45, 2.75) is 10.7 Å². The minimum atomic E-state index is -0.0500. The number of hydrogen-bond acceptors (Lipinski definition) is 4. The number of hydrogen-bond donors (Lipinski definition) is 2. The molecule has 2 aromatic carbocycles. The van der Waals surface area contributed by atoms with Crippen molar-refractivity contribution in [1.29, 1.82) is 0 Å². The van der Waals surface area contributed by atoms with E-state index in [-0.39, 0.29) is 10.7 Å². The summed E-state index contributed by atoms with van der Waals surface area (Å²) in [7, 11) is 3.20. The quantitative estimate of drug-likeness (QED) is 0.646. The standard InChI is InChI=1S/C14H16N2S2/c15-13(11-7-3-1-4-8-11)17-18-14(16)12-9-5-2-6-10-12/h1-10,13-14H,15-16H2. The minimum Gasteiger partial charge on any atom is -0.315 e. The maximum atomic E-state index is 6.11. The van der Waals surface area contributed by atoms with Crippen LogP contribution in [0.5, 0.6) is 0 Å². The van der Waals surface area contributed by atoms with Crippen molar-refractivity contribution in [3.63, 3.8) is 0 Å². The van der Waals surface area contributed by atoms with Crippen LogP contribution in [0.4, 0.5) is 0 Å². The van der Waals surface area contributed by atoms with Crippen molar-refractivity contribution in [3.8, 4) is 0 Å². The Morgan fingerprint density at radius 3 is 1.28 bits per heavy atom. The summed E-state index contributed by atoms with van der Waals surface area (Å²) in [6, 6.07) is 20.1. The Kier molecular flexibility index (Phi) is 5.13. The molecular weight excluding hydrogens is 260 g/mol. The van der Waals surface area contributed by atoms with Gasteiger partial charge in [0.2, 0.25) is 0 Å². The Balaban J connectivity index is 1.89. The summed E-state index contributed by atoms with van der Waals surface area (Å²) >= 11 is 0. The highest BCUT2D eigenvalue weighted by Crippen LogP contribution is 2.41. The Hall–Kier alpha value is -0.940. The Bertz CT molecular complexity index is 416. The molecule has 4 heteroatoms. The molecule has 4 N–H and O–H groups in total. The smallest absolute Gasteiger partial charge is 0.0868 e. The van der Waals surface area contributed by atoms with Crippen LogP contribution in [0.2, 0.25) is 0 Å². The zero-order valence-corrected chi connectivity index (χ0v) is 11.5. The normalized spacial score (nSPS) is 14.1. The van der Waals surface area contributed by atoms with Crippen LogP contribution in [0.1, 0.15) is 21.9 Å². The van der Waals surface area contributed by atoms with E-state index in [1.54, 1.807) is 21.6 Å². The molecule has 0 aromatic heterocycles. The van der Waals surface area contributed by atoms with Gasteiger partial charge in [-0.05, 0) is 11.1 Å². The maximum Gasteiger partial charge on any atom is 0.0868 e. The molecule has 2 nitrogen and oxygen atoms in total. The third-order valence-electron chi connectivity index (χ3n) is 2.52. The van der Waals surface area contributed by atoms with Crippen molar-refractivity contribution >= 4 is 21.6 Å². The molecule has 0 fully saturated rings. The molecule has 0 spiro atoms. The molecule has 0 aliphatic rings. The largest absolute Gasteiger partial charge is 0.315 e. The predicted octanol–water partition coefficient (Wildman–Crippen LogP) is 3.68. The Labute approximate surface area is 116 Å².